The van der Waals surface area contributed by atoms with Gasteiger partial charge in [-0.1, -0.05) is 22.0 Å². The van der Waals surface area contributed by atoms with Crippen molar-refractivity contribution >= 4 is 28.1 Å². The van der Waals surface area contributed by atoms with E-state index < -0.39 is 0 Å². The van der Waals surface area contributed by atoms with E-state index in [-0.39, 0.29) is 0 Å². The molecule has 9 heteroatoms. The molecule has 136 valence electrons. The normalized spacial score (nSPS) is 11.1. The van der Waals surface area contributed by atoms with Crippen molar-refractivity contribution in [1.29, 1.82) is 0 Å². The first-order chi connectivity index (χ1) is 13.0. The molecule has 0 radical (unpaired) electrons. The molecule has 0 amide bonds. The second kappa shape index (κ2) is 7.16. The molecule has 0 aliphatic heterocycles. The fourth-order valence-corrected chi connectivity index (χ4v) is 3.24. The van der Waals surface area contributed by atoms with E-state index in [1.807, 2.05) is 34.9 Å². The SMILES string of the molecule is Cc1ccc(-n2c(Cn3nnc(-c4ccc(Br)cc4)n3)n[nH]c2=S)cc1C. The summed E-state index contributed by atoms with van der Waals surface area (Å²) in [7, 11) is 0. The highest BCUT2D eigenvalue weighted by Crippen LogP contribution is 2.19. The van der Waals surface area contributed by atoms with Crippen molar-refractivity contribution in [3.05, 3.63) is 68.7 Å². The average Bonchev–Trinajstić information content (AvgIpc) is 3.26. The van der Waals surface area contributed by atoms with Crippen LogP contribution in [0.3, 0.4) is 0 Å². The van der Waals surface area contributed by atoms with Gasteiger partial charge in [-0.05, 0) is 78.8 Å². The molecule has 0 spiro atoms. The van der Waals surface area contributed by atoms with Crippen LogP contribution in [0.25, 0.3) is 17.1 Å². The number of nitrogens with one attached hydrogen (secondary N) is 1. The number of nitrogens with zero attached hydrogens (tertiary/aromatic N) is 6. The third-order valence-electron chi connectivity index (χ3n) is 4.33. The van der Waals surface area contributed by atoms with Gasteiger partial charge in [0.25, 0.3) is 0 Å². The van der Waals surface area contributed by atoms with Gasteiger partial charge in [-0.25, -0.2) is 0 Å². The number of aromatic amines is 1. The third-order valence-corrected chi connectivity index (χ3v) is 5.13. The monoisotopic (exact) mass is 441 g/mol. The number of hydrogen-bond donors (Lipinski definition) is 1. The van der Waals surface area contributed by atoms with E-state index in [0.717, 1.165) is 15.7 Å². The second-order valence-corrected chi connectivity index (χ2v) is 7.50. The van der Waals surface area contributed by atoms with Crippen LogP contribution in [0.2, 0.25) is 0 Å². The summed E-state index contributed by atoms with van der Waals surface area (Å²) >= 11 is 8.84. The van der Waals surface area contributed by atoms with Crippen molar-refractivity contribution in [3.63, 3.8) is 0 Å². The molecule has 0 atom stereocenters. The fourth-order valence-electron chi connectivity index (χ4n) is 2.72. The van der Waals surface area contributed by atoms with Gasteiger partial charge in [-0.15, -0.1) is 10.2 Å². The van der Waals surface area contributed by atoms with E-state index in [1.165, 1.54) is 15.9 Å². The molecule has 0 aliphatic rings. The summed E-state index contributed by atoms with van der Waals surface area (Å²) in [4.78, 5) is 1.51. The molecular weight excluding hydrogens is 426 g/mol. The topological polar surface area (TPSA) is 77.2 Å². The lowest BCUT2D eigenvalue weighted by Crippen LogP contribution is -2.10. The van der Waals surface area contributed by atoms with Crippen molar-refractivity contribution in [3.8, 4) is 17.1 Å². The Morgan fingerprint density at radius 3 is 2.59 bits per heavy atom. The highest BCUT2D eigenvalue weighted by molar-refractivity contribution is 9.10. The quantitative estimate of drug-likeness (QED) is 0.484. The number of halogens is 1. The van der Waals surface area contributed by atoms with Gasteiger partial charge in [-0.3, -0.25) is 9.67 Å². The smallest absolute Gasteiger partial charge is 0.204 e. The lowest BCUT2D eigenvalue weighted by atomic mass is 10.1. The Balaban J connectivity index is 1.65. The molecule has 4 aromatic rings. The molecule has 0 aliphatic carbocycles. The average molecular weight is 442 g/mol. The lowest BCUT2D eigenvalue weighted by molar-refractivity contribution is 0.548. The molecule has 2 aromatic carbocycles. The zero-order valence-electron chi connectivity index (χ0n) is 14.7. The summed E-state index contributed by atoms with van der Waals surface area (Å²) in [6.07, 6.45) is 0. The Morgan fingerprint density at radius 1 is 1.07 bits per heavy atom. The molecule has 0 bridgehead atoms. The molecule has 7 nitrogen and oxygen atoms in total. The van der Waals surface area contributed by atoms with Gasteiger partial charge >= 0.3 is 0 Å². The van der Waals surface area contributed by atoms with Gasteiger partial charge in [0.15, 0.2) is 10.6 Å². The number of benzene rings is 2. The van der Waals surface area contributed by atoms with Crippen LogP contribution in [-0.2, 0) is 6.54 Å². The minimum atomic E-state index is 0.351. The Labute approximate surface area is 169 Å². The maximum Gasteiger partial charge on any atom is 0.204 e. The van der Waals surface area contributed by atoms with E-state index in [0.29, 0.717) is 23.0 Å². The Bertz CT molecular complexity index is 1160. The molecule has 2 heterocycles. The van der Waals surface area contributed by atoms with Crippen LogP contribution in [0.4, 0.5) is 0 Å². The summed E-state index contributed by atoms with van der Waals surface area (Å²) in [6, 6.07) is 14.0. The maximum absolute atomic E-state index is 5.42. The van der Waals surface area contributed by atoms with Gasteiger partial charge < -0.3 is 0 Å². The van der Waals surface area contributed by atoms with Gasteiger partial charge in [-0.2, -0.15) is 9.90 Å². The Hall–Kier alpha value is -2.65. The van der Waals surface area contributed by atoms with Gasteiger partial charge in [0, 0.05) is 15.7 Å². The predicted molar refractivity (Wildman–Crippen MR) is 108 cm³/mol. The van der Waals surface area contributed by atoms with Gasteiger partial charge in [0.1, 0.15) is 6.54 Å². The fraction of sp³-hybridized carbons (Fsp3) is 0.167. The van der Waals surface area contributed by atoms with Crippen LogP contribution in [-0.4, -0.2) is 35.0 Å². The molecule has 0 saturated carbocycles. The number of H-pyrrole nitrogens is 1. The second-order valence-electron chi connectivity index (χ2n) is 6.20. The predicted octanol–water partition coefficient (Wildman–Crippen LogP) is 4.01. The van der Waals surface area contributed by atoms with E-state index in [4.69, 9.17) is 12.2 Å². The zero-order chi connectivity index (χ0) is 19.0. The molecule has 4 rings (SSSR count). The third kappa shape index (κ3) is 3.60. The summed E-state index contributed by atoms with van der Waals surface area (Å²) in [6.45, 7) is 4.51. The minimum absolute atomic E-state index is 0.351. The summed E-state index contributed by atoms with van der Waals surface area (Å²) < 4.78 is 3.42. The molecule has 2 aromatic heterocycles. The van der Waals surface area contributed by atoms with Gasteiger partial charge in [0.2, 0.25) is 5.82 Å². The highest BCUT2D eigenvalue weighted by Gasteiger charge is 2.13. The van der Waals surface area contributed by atoms with E-state index in [1.54, 1.807) is 0 Å². The van der Waals surface area contributed by atoms with Crippen molar-refractivity contribution in [2.45, 2.75) is 20.4 Å². The molecule has 1 N–H and O–H groups in total. The lowest BCUT2D eigenvalue weighted by Gasteiger charge is -2.08. The molecule has 0 fully saturated rings. The summed E-state index contributed by atoms with van der Waals surface area (Å²) in [5.41, 5.74) is 4.28. The molecule has 0 saturated heterocycles. The number of rotatable bonds is 4. The van der Waals surface area contributed by atoms with Crippen molar-refractivity contribution < 1.29 is 0 Å². The minimum Gasteiger partial charge on any atom is -0.270 e. The Kier molecular flexibility index (Phi) is 4.71. The molecular formula is C18H16BrN7S. The standard InChI is InChI=1S/C18H16BrN7S/c1-11-3-8-15(9-12(11)2)26-16(20-22-18(26)27)10-25-23-17(21-24-25)13-4-6-14(19)7-5-13/h3-9H,10H2,1-2H3,(H,22,27). The van der Waals surface area contributed by atoms with Crippen LogP contribution in [0, 0.1) is 18.6 Å². The number of aryl methyl sites for hydroxylation is 2. The number of tetrazole rings is 1. The number of aromatic nitrogens is 7. The molecule has 27 heavy (non-hydrogen) atoms. The van der Waals surface area contributed by atoms with E-state index in [2.05, 4.69) is 67.5 Å². The zero-order valence-corrected chi connectivity index (χ0v) is 17.1. The van der Waals surface area contributed by atoms with Gasteiger partial charge in [0.05, 0.1) is 0 Å². The van der Waals surface area contributed by atoms with Crippen LogP contribution < -0.4 is 0 Å². The number of hydrogen-bond acceptors (Lipinski definition) is 5. The summed E-state index contributed by atoms with van der Waals surface area (Å²) in [5, 5.41) is 19.9. The van der Waals surface area contributed by atoms with Crippen LogP contribution >= 0.6 is 28.1 Å². The van der Waals surface area contributed by atoms with Crippen molar-refractivity contribution in [2.24, 2.45) is 0 Å². The maximum atomic E-state index is 5.42. The van der Waals surface area contributed by atoms with E-state index >= 15 is 0 Å². The first kappa shape index (κ1) is 17.7. The Morgan fingerprint density at radius 2 is 1.85 bits per heavy atom. The first-order valence-electron chi connectivity index (χ1n) is 8.29. The largest absolute Gasteiger partial charge is 0.270 e. The van der Waals surface area contributed by atoms with Crippen molar-refractivity contribution in [1.82, 2.24) is 35.0 Å². The van der Waals surface area contributed by atoms with Crippen LogP contribution in [0.1, 0.15) is 17.0 Å². The highest BCUT2D eigenvalue weighted by atomic mass is 79.9. The van der Waals surface area contributed by atoms with E-state index in [9.17, 15) is 0 Å². The van der Waals surface area contributed by atoms with Crippen LogP contribution in [0.5, 0.6) is 0 Å². The molecule has 0 unspecified atom stereocenters. The van der Waals surface area contributed by atoms with Crippen LogP contribution in [0.15, 0.2) is 46.9 Å². The summed E-state index contributed by atoms with van der Waals surface area (Å²) in [5.74, 6) is 1.28. The first-order valence-corrected chi connectivity index (χ1v) is 9.49. The van der Waals surface area contributed by atoms with Crippen molar-refractivity contribution in [2.75, 3.05) is 0 Å².